The Hall–Kier alpha value is -3.39. The van der Waals surface area contributed by atoms with E-state index >= 15 is 0 Å². The summed E-state index contributed by atoms with van der Waals surface area (Å²) >= 11 is 12.9. The summed E-state index contributed by atoms with van der Waals surface area (Å²) < 4.78 is 77.1. The summed E-state index contributed by atoms with van der Waals surface area (Å²) in [6.07, 6.45) is 5.78. The van der Waals surface area contributed by atoms with Crippen molar-refractivity contribution in [2.75, 3.05) is 44.3 Å². The van der Waals surface area contributed by atoms with E-state index in [0.717, 1.165) is 25.7 Å². The second-order valence-electron chi connectivity index (χ2n) is 12.2. The largest absolute Gasteiger partial charge is 0.491 e. The third kappa shape index (κ3) is 10.6. The van der Waals surface area contributed by atoms with Crippen LogP contribution in [0.5, 0.6) is 17.2 Å². The number of carbonyl (C=O) groups excluding carboxylic acids is 1. The number of aromatic nitrogens is 1. The van der Waals surface area contributed by atoms with Crippen molar-refractivity contribution in [1.82, 2.24) is 9.88 Å². The normalized spacial score (nSPS) is 15.3. The van der Waals surface area contributed by atoms with E-state index in [1.165, 1.54) is 48.8 Å². The van der Waals surface area contributed by atoms with Crippen molar-refractivity contribution in [3.63, 3.8) is 0 Å². The summed E-state index contributed by atoms with van der Waals surface area (Å²) in [5.41, 5.74) is 1.16. The van der Waals surface area contributed by atoms with Gasteiger partial charge >= 0.3 is 12.6 Å². The number of halogens is 4. The number of esters is 1. The molecule has 0 aliphatic heterocycles. The van der Waals surface area contributed by atoms with Gasteiger partial charge in [0.2, 0.25) is 10.0 Å². The first-order chi connectivity index (χ1) is 22.9. The van der Waals surface area contributed by atoms with Gasteiger partial charge in [0.05, 0.1) is 40.3 Å². The molecule has 0 radical (unpaired) electrons. The van der Waals surface area contributed by atoms with E-state index < -0.39 is 28.7 Å². The summed E-state index contributed by atoms with van der Waals surface area (Å²) in [5, 5.41) is 0.487. The number of hydrogen-bond acceptors (Lipinski definition) is 9. The number of hydrogen-bond donors (Lipinski definition) is 1. The maximum atomic E-state index is 13.7. The Balaban J connectivity index is 1.44. The SMILES string of the molecule is CN(C)CCS(=O)(=O)Nc1ccc(C(=O)OC(Cc2c(Cl)cncc2Cl)c2ccc(OC(F)F)c(OCC3CC3)c2)cc1OCC1CC1. The standard InChI is InChI=1S/C33H37Cl2F2N3O7S/c1-40(2)11-12-48(42,43)39-27-9-7-23(14-30(27)44-18-20-3-4-20)32(41)46-29(15-24-25(34)16-38-17-26(24)35)22-8-10-28(47-33(36)37)31(13-22)45-19-21-5-6-21/h7-10,13-14,16-17,20-21,29,33,39H,3-6,11-12,15,18-19H2,1-2H3. The Kier molecular flexibility index (Phi) is 11.9. The minimum absolute atomic E-state index is 0.0117. The van der Waals surface area contributed by atoms with Crippen molar-refractivity contribution < 1.29 is 40.9 Å². The molecular formula is C33H37Cl2F2N3O7S. The lowest BCUT2D eigenvalue weighted by molar-refractivity contribution is -0.0515. The van der Waals surface area contributed by atoms with Crippen LogP contribution in [0.1, 0.15) is 53.3 Å². The van der Waals surface area contributed by atoms with Gasteiger partial charge in [0, 0.05) is 25.4 Å². The first-order valence-corrected chi connectivity index (χ1v) is 17.9. The highest BCUT2D eigenvalue weighted by Gasteiger charge is 2.28. The number of nitrogens with one attached hydrogen (secondary N) is 1. The number of alkyl halides is 2. The average molecular weight is 729 g/mol. The molecule has 1 heterocycles. The molecule has 0 spiro atoms. The molecule has 2 aromatic carbocycles. The van der Waals surface area contributed by atoms with Crippen LogP contribution in [0.4, 0.5) is 14.5 Å². The zero-order valence-electron chi connectivity index (χ0n) is 26.5. The van der Waals surface area contributed by atoms with E-state index in [0.29, 0.717) is 42.7 Å². The molecule has 1 atom stereocenters. The van der Waals surface area contributed by atoms with Gasteiger partial charge in [0.15, 0.2) is 11.5 Å². The van der Waals surface area contributed by atoms with Gasteiger partial charge in [-0.15, -0.1) is 0 Å². The predicted octanol–water partition coefficient (Wildman–Crippen LogP) is 7.01. The van der Waals surface area contributed by atoms with Crippen LogP contribution in [-0.2, 0) is 21.2 Å². The zero-order valence-corrected chi connectivity index (χ0v) is 28.8. The van der Waals surface area contributed by atoms with Crippen LogP contribution in [0.25, 0.3) is 0 Å². The number of pyridine rings is 1. The molecule has 15 heteroatoms. The molecule has 1 N–H and O–H groups in total. The molecule has 0 saturated heterocycles. The topological polar surface area (TPSA) is 116 Å². The fraction of sp³-hybridized carbons (Fsp3) is 0.455. The van der Waals surface area contributed by atoms with Crippen LogP contribution >= 0.6 is 23.2 Å². The highest BCUT2D eigenvalue weighted by atomic mass is 35.5. The lowest BCUT2D eigenvalue weighted by Gasteiger charge is -2.22. The molecular weight excluding hydrogens is 691 g/mol. The van der Waals surface area contributed by atoms with Gasteiger partial charge in [0.25, 0.3) is 0 Å². The van der Waals surface area contributed by atoms with Gasteiger partial charge in [-0.25, -0.2) is 13.2 Å². The number of benzene rings is 2. The number of nitrogens with zero attached hydrogens (tertiary/aromatic N) is 2. The molecule has 2 fully saturated rings. The van der Waals surface area contributed by atoms with Gasteiger partial charge in [-0.1, -0.05) is 29.3 Å². The van der Waals surface area contributed by atoms with Crippen molar-refractivity contribution in [1.29, 1.82) is 0 Å². The average Bonchev–Trinajstić information content (AvgIpc) is 3.96. The van der Waals surface area contributed by atoms with Crippen LogP contribution in [0.15, 0.2) is 48.8 Å². The summed E-state index contributed by atoms with van der Waals surface area (Å²) in [7, 11) is -0.164. The Bertz CT molecular complexity index is 1690. The van der Waals surface area contributed by atoms with Gasteiger partial charge in [-0.3, -0.25) is 9.71 Å². The number of carbonyl (C=O) groups is 1. The van der Waals surface area contributed by atoms with Gasteiger partial charge in [-0.2, -0.15) is 8.78 Å². The molecule has 2 saturated carbocycles. The Labute approximate surface area is 288 Å². The first-order valence-electron chi connectivity index (χ1n) is 15.5. The number of sulfonamides is 1. The molecule has 5 rings (SSSR count). The monoisotopic (exact) mass is 727 g/mol. The van der Waals surface area contributed by atoms with Crippen molar-refractivity contribution in [3.8, 4) is 17.2 Å². The second kappa shape index (κ2) is 15.9. The van der Waals surface area contributed by atoms with E-state index in [2.05, 4.69) is 14.4 Å². The zero-order chi connectivity index (χ0) is 34.4. The molecule has 2 aliphatic carbocycles. The summed E-state index contributed by atoms with van der Waals surface area (Å²) in [5.74, 6) is -0.103. The molecule has 1 aromatic heterocycles. The fourth-order valence-electron chi connectivity index (χ4n) is 4.63. The van der Waals surface area contributed by atoms with Gasteiger partial charge < -0.3 is 23.8 Å². The number of anilines is 1. The third-order valence-electron chi connectivity index (χ3n) is 7.78. The maximum Gasteiger partial charge on any atom is 0.387 e. The van der Waals surface area contributed by atoms with Crippen molar-refractivity contribution in [2.24, 2.45) is 11.8 Å². The van der Waals surface area contributed by atoms with Gasteiger partial charge in [0.1, 0.15) is 11.9 Å². The maximum absolute atomic E-state index is 13.7. The van der Waals surface area contributed by atoms with Gasteiger partial charge in [-0.05, 0) is 93.1 Å². The van der Waals surface area contributed by atoms with Crippen LogP contribution in [0.2, 0.25) is 10.0 Å². The quantitative estimate of drug-likeness (QED) is 0.138. The van der Waals surface area contributed by atoms with Crippen LogP contribution in [0.3, 0.4) is 0 Å². The summed E-state index contributed by atoms with van der Waals surface area (Å²) in [6, 6.07) is 8.65. The minimum Gasteiger partial charge on any atom is -0.491 e. The van der Waals surface area contributed by atoms with Crippen LogP contribution in [0, 0.1) is 11.8 Å². The van der Waals surface area contributed by atoms with E-state index in [9.17, 15) is 22.0 Å². The van der Waals surface area contributed by atoms with E-state index in [1.807, 2.05) is 0 Å². The molecule has 0 bridgehead atoms. The highest BCUT2D eigenvalue weighted by Crippen LogP contribution is 2.39. The molecule has 1 unspecified atom stereocenters. The van der Waals surface area contributed by atoms with Crippen molar-refractivity contribution >= 4 is 44.9 Å². The van der Waals surface area contributed by atoms with Crippen LogP contribution in [-0.4, -0.2) is 70.5 Å². The lowest BCUT2D eigenvalue weighted by Crippen LogP contribution is -2.26. The Morgan fingerprint density at radius 1 is 0.958 bits per heavy atom. The Morgan fingerprint density at radius 2 is 1.60 bits per heavy atom. The third-order valence-corrected chi connectivity index (χ3v) is 9.68. The summed E-state index contributed by atoms with van der Waals surface area (Å²) in [4.78, 5) is 19.5. The molecule has 10 nitrogen and oxygen atoms in total. The number of rotatable bonds is 18. The van der Waals surface area contributed by atoms with Crippen LogP contribution < -0.4 is 18.9 Å². The smallest absolute Gasteiger partial charge is 0.387 e. The van der Waals surface area contributed by atoms with E-state index in [-0.39, 0.29) is 50.7 Å². The van der Waals surface area contributed by atoms with Crippen molar-refractivity contribution in [2.45, 2.75) is 44.8 Å². The van der Waals surface area contributed by atoms with E-state index in [4.69, 9.17) is 37.4 Å². The predicted molar refractivity (Wildman–Crippen MR) is 178 cm³/mol. The summed E-state index contributed by atoms with van der Waals surface area (Å²) in [6.45, 7) is -2.07. The van der Waals surface area contributed by atoms with E-state index in [1.54, 1.807) is 19.0 Å². The fourth-order valence-corrected chi connectivity index (χ4v) is 6.36. The first kappa shape index (κ1) is 35.9. The highest BCUT2D eigenvalue weighted by molar-refractivity contribution is 7.92. The second-order valence-corrected chi connectivity index (χ2v) is 14.9. The molecule has 3 aromatic rings. The molecule has 0 amide bonds. The molecule has 2 aliphatic rings. The molecule has 48 heavy (non-hydrogen) atoms. The lowest BCUT2D eigenvalue weighted by atomic mass is 10.0. The Morgan fingerprint density at radius 3 is 2.21 bits per heavy atom. The number of ether oxygens (including phenoxy) is 4. The van der Waals surface area contributed by atoms with Crippen molar-refractivity contribution in [3.05, 3.63) is 75.5 Å². The molecule has 260 valence electrons. The minimum atomic E-state index is -3.71.